The molecule has 1 aliphatic rings. The molecular formula is C21H23N5O2. The molecule has 0 aliphatic heterocycles. The molecule has 2 heterocycles. The van der Waals surface area contributed by atoms with E-state index in [4.69, 9.17) is 4.74 Å². The highest BCUT2D eigenvalue weighted by atomic mass is 16.5. The van der Waals surface area contributed by atoms with E-state index in [1.54, 1.807) is 41.3 Å². The number of nitrogens with zero attached hydrogens (tertiary/aromatic N) is 4. The van der Waals surface area contributed by atoms with Crippen LogP contribution in [-0.4, -0.2) is 25.9 Å². The standard InChI is InChI=1S/C21H23N5O2/c27-20(12-6-16-4-1-2-5-16)23-17-7-9-18(10-8-17)28-21-13-11-19(24-25-21)26-15-3-14-22-26/h3,7-11,13-16H,1-2,4-6,12H2,(H,23,27). The molecule has 7 nitrogen and oxygen atoms in total. The summed E-state index contributed by atoms with van der Waals surface area (Å²) in [6, 6.07) is 12.6. The summed E-state index contributed by atoms with van der Waals surface area (Å²) in [6.45, 7) is 0. The molecule has 0 bridgehead atoms. The van der Waals surface area contributed by atoms with E-state index >= 15 is 0 Å². The Kier molecular flexibility index (Phi) is 5.61. The highest BCUT2D eigenvalue weighted by Crippen LogP contribution is 2.28. The van der Waals surface area contributed by atoms with E-state index in [-0.39, 0.29) is 5.91 Å². The molecule has 1 saturated carbocycles. The zero-order chi connectivity index (χ0) is 19.2. The first-order valence-corrected chi connectivity index (χ1v) is 9.68. The maximum absolute atomic E-state index is 12.1. The second kappa shape index (κ2) is 8.65. The second-order valence-corrected chi connectivity index (χ2v) is 7.04. The van der Waals surface area contributed by atoms with Crippen molar-refractivity contribution in [2.24, 2.45) is 5.92 Å². The zero-order valence-corrected chi connectivity index (χ0v) is 15.6. The number of rotatable bonds is 7. The van der Waals surface area contributed by atoms with Crippen LogP contribution in [0, 0.1) is 5.92 Å². The molecule has 1 fully saturated rings. The monoisotopic (exact) mass is 377 g/mol. The summed E-state index contributed by atoms with van der Waals surface area (Å²) in [5.41, 5.74) is 0.767. The molecule has 4 rings (SSSR count). The van der Waals surface area contributed by atoms with Crippen LogP contribution in [0.1, 0.15) is 38.5 Å². The molecule has 0 unspecified atom stereocenters. The van der Waals surface area contributed by atoms with Gasteiger partial charge in [-0.1, -0.05) is 25.7 Å². The summed E-state index contributed by atoms with van der Waals surface area (Å²) >= 11 is 0. The Labute approximate surface area is 163 Å². The molecule has 144 valence electrons. The fraction of sp³-hybridized carbons (Fsp3) is 0.333. The maximum atomic E-state index is 12.1. The smallest absolute Gasteiger partial charge is 0.238 e. The van der Waals surface area contributed by atoms with Crippen LogP contribution in [0.5, 0.6) is 11.6 Å². The Morgan fingerprint density at radius 1 is 1.11 bits per heavy atom. The minimum atomic E-state index is 0.0700. The lowest BCUT2D eigenvalue weighted by atomic mass is 10.0. The molecule has 2 aromatic heterocycles. The van der Waals surface area contributed by atoms with E-state index < -0.39 is 0 Å². The number of aromatic nitrogens is 4. The molecular weight excluding hydrogens is 354 g/mol. The number of carbonyl (C=O) groups excluding carboxylic acids is 1. The fourth-order valence-electron chi connectivity index (χ4n) is 3.48. The Balaban J connectivity index is 1.28. The van der Waals surface area contributed by atoms with Gasteiger partial charge in [0.2, 0.25) is 11.8 Å². The molecule has 28 heavy (non-hydrogen) atoms. The Bertz CT molecular complexity index is 886. The van der Waals surface area contributed by atoms with E-state index in [0.717, 1.165) is 18.0 Å². The van der Waals surface area contributed by atoms with Gasteiger partial charge in [-0.05, 0) is 48.7 Å². The number of nitrogens with one attached hydrogen (secondary N) is 1. The largest absolute Gasteiger partial charge is 0.438 e. The van der Waals surface area contributed by atoms with Gasteiger partial charge in [-0.3, -0.25) is 4.79 Å². The van der Waals surface area contributed by atoms with Gasteiger partial charge in [-0.25, -0.2) is 4.68 Å². The molecule has 0 saturated heterocycles. The molecule has 1 amide bonds. The van der Waals surface area contributed by atoms with Gasteiger partial charge >= 0.3 is 0 Å². The lowest BCUT2D eigenvalue weighted by molar-refractivity contribution is -0.116. The Hall–Kier alpha value is -3.22. The molecule has 0 radical (unpaired) electrons. The molecule has 3 aromatic rings. The van der Waals surface area contributed by atoms with Gasteiger partial charge in [0.15, 0.2) is 5.82 Å². The number of hydrogen-bond acceptors (Lipinski definition) is 5. The highest BCUT2D eigenvalue weighted by Gasteiger charge is 2.16. The summed E-state index contributed by atoms with van der Waals surface area (Å²) in [7, 11) is 0. The Morgan fingerprint density at radius 2 is 1.93 bits per heavy atom. The predicted molar refractivity (Wildman–Crippen MR) is 105 cm³/mol. The third-order valence-corrected chi connectivity index (χ3v) is 4.98. The summed E-state index contributed by atoms with van der Waals surface area (Å²) in [5.74, 6) is 2.44. The summed E-state index contributed by atoms with van der Waals surface area (Å²) < 4.78 is 7.34. The van der Waals surface area contributed by atoms with Gasteiger partial charge in [0.05, 0.1) is 0 Å². The molecule has 1 aliphatic carbocycles. The lowest BCUT2D eigenvalue weighted by Crippen LogP contribution is -2.12. The number of carbonyl (C=O) groups is 1. The summed E-state index contributed by atoms with van der Waals surface area (Å²) in [4.78, 5) is 12.1. The first-order valence-electron chi connectivity index (χ1n) is 9.68. The SMILES string of the molecule is O=C(CCC1CCCC1)Nc1ccc(Oc2ccc(-n3cccn3)nn2)cc1. The van der Waals surface area contributed by atoms with Crippen LogP contribution in [0.15, 0.2) is 54.9 Å². The normalized spacial score (nSPS) is 14.1. The van der Waals surface area contributed by atoms with Crippen molar-refractivity contribution in [1.29, 1.82) is 0 Å². The zero-order valence-electron chi connectivity index (χ0n) is 15.6. The van der Waals surface area contributed by atoms with E-state index in [2.05, 4.69) is 20.6 Å². The van der Waals surface area contributed by atoms with E-state index in [9.17, 15) is 4.79 Å². The van der Waals surface area contributed by atoms with Crippen molar-refractivity contribution < 1.29 is 9.53 Å². The van der Waals surface area contributed by atoms with Crippen molar-refractivity contribution >= 4 is 11.6 Å². The van der Waals surface area contributed by atoms with Crippen molar-refractivity contribution in [3.63, 3.8) is 0 Å². The van der Waals surface area contributed by atoms with Gasteiger partial charge in [0.1, 0.15) is 5.75 Å². The fourth-order valence-corrected chi connectivity index (χ4v) is 3.48. The molecule has 0 atom stereocenters. The topological polar surface area (TPSA) is 81.9 Å². The number of benzene rings is 1. The quantitative estimate of drug-likeness (QED) is 0.661. The van der Waals surface area contributed by atoms with Gasteiger partial charge < -0.3 is 10.1 Å². The van der Waals surface area contributed by atoms with Gasteiger partial charge in [0.25, 0.3) is 0 Å². The summed E-state index contributed by atoms with van der Waals surface area (Å²) in [6.07, 6.45) is 10.2. The number of hydrogen-bond donors (Lipinski definition) is 1. The van der Waals surface area contributed by atoms with Crippen molar-refractivity contribution in [2.75, 3.05) is 5.32 Å². The number of anilines is 1. The average Bonchev–Trinajstić information content (AvgIpc) is 3.43. The van der Waals surface area contributed by atoms with Crippen LogP contribution >= 0.6 is 0 Å². The molecule has 1 N–H and O–H groups in total. The maximum Gasteiger partial charge on any atom is 0.238 e. The molecule has 7 heteroatoms. The third kappa shape index (κ3) is 4.73. The predicted octanol–water partition coefficient (Wildman–Crippen LogP) is 4.36. The van der Waals surface area contributed by atoms with Crippen molar-refractivity contribution in [3.8, 4) is 17.4 Å². The van der Waals surface area contributed by atoms with Crippen LogP contribution in [0.3, 0.4) is 0 Å². The lowest BCUT2D eigenvalue weighted by Gasteiger charge is -2.10. The van der Waals surface area contributed by atoms with Crippen molar-refractivity contribution in [3.05, 3.63) is 54.9 Å². The van der Waals surface area contributed by atoms with Crippen molar-refractivity contribution in [2.45, 2.75) is 38.5 Å². The third-order valence-electron chi connectivity index (χ3n) is 4.98. The molecule has 1 aromatic carbocycles. The number of amides is 1. The van der Waals surface area contributed by atoms with Crippen LogP contribution in [0.2, 0.25) is 0 Å². The van der Waals surface area contributed by atoms with Crippen LogP contribution in [0.25, 0.3) is 5.82 Å². The Morgan fingerprint density at radius 3 is 2.61 bits per heavy atom. The van der Waals surface area contributed by atoms with Crippen LogP contribution < -0.4 is 10.1 Å². The van der Waals surface area contributed by atoms with E-state index in [1.165, 1.54) is 25.7 Å². The minimum Gasteiger partial charge on any atom is -0.438 e. The first-order chi connectivity index (χ1) is 13.8. The van der Waals surface area contributed by atoms with Gasteiger partial charge in [0, 0.05) is 30.6 Å². The highest BCUT2D eigenvalue weighted by molar-refractivity contribution is 5.90. The minimum absolute atomic E-state index is 0.0700. The molecule has 0 spiro atoms. The van der Waals surface area contributed by atoms with E-state index in [1.807, 2.05) is 18.2 Å². The second-order valence-electron chi connectivity index (χ2n) is 7.04. The first kappa shape index (κ1) is 18.2. The van der Waals surface area contributed by atoms with Crippen molar-refractivity contribution in [1.82, 2.24) is 20.0 Å². The average molecular weight is 377 g/mol. The van der Waals surface area contributed by atoms with Crippen LogP contribution in [-0.2, 0) is 4.79 Å². The van der Waals surface area contributed by atoms with E-state index in [0.29, 0.717) is 23.9 Å². The van der Waals surface area contributed by atoms with Gasteiger partial charge in [-0.2, -0.15) is 5.10 Å². The summed E-state index contributed by atoms with van der Waals surface area (Å²) in [5, 5.41) is 15.2. The number of ether oxygens (including phenoxy) is 1. The van der Waals surface area contributed by atoms with Crippen LogP contribution in [0.4, 0.5) is 5.69 Å². The van der Waals surface area contributed by atoms with Gasteiger partial charge in [-0.15, -0.1) is 10.2 Å².